The number of rotatable bonds is 1. The zero-order chi connectivity index (χ0) is 15.3. The molecule has 0 saturated heterocycles. The molecule has 4 heteroatoms. The van der Waals surface area contributed by atoms with Crippen LogP contribution in [0.2, 0.25) is 0 Å². The molecule has 0 atom stereocenters. The average molecular weight is 423 g/mol. The highest BCUT2D eigenvalue weighted by molar-refractivity contribution is 14.1. The summed E-state index contributed by atoms with van der Waals surface area (Å²) in [5.41, 5.74) is 0. The van der Waals surface area contributed by atoms with Gasteiger partial charge in [0.2, 0.25) is 0 Å². The highest BCUT2D eigenvalue weighted by Gasteiger charge is 2.24. The van der Waals surface area contributed by atoms with E-state index in [1.54, 1.807) is 0 Å². The van der Waals surface area contributed by atoms with Crippen LogP contribution in [0.3, 0.4) is 0 Å². The van der Waals surface area contributed by atoms with Gasteiger partial charge in [0.15, 0.2) is 14.3 Å². The van der Waals surface area contributed by atoms with Crippen LogP contribution in [-0.4, -0.2) is 0 Å². The smallest absolute Gasteiger partial charge is 0.187 e. The Morgan fingerprint density at radius 2 is 1.18 bits per heavy atom. The number of hydrogen-bond donors (Lipinski definition) is 0. The molecule has 0 aliphatic heterocycles. The van der Waals surface area contributed by atoms with Crippen LogP contribution in [0.5, 0.6) is 0 Å². The van der Waals surface area contributed by atoms with Gasteiger partial charge in [0, 0.05) is 26.2 Å². The number of thiophene rings is 1. The SMILES string of the molecule is Fc1ccc2c(c1)c1cc(F)ccc1[s+]2-c1ccc(I)cc1. The highest BCUT2D eigenvalue weighted by atomic mass is 127. The Morgan fingerprint density at radius 1 is 0.682 bits per heavy atom. The fraction of sp³-hybridized carbons (Fsp3) is 0. The molecule has 0 aliphatic carbocycles. The monoisotopic (exact) mass is 423 g/mol. The molecule has 3 aromatic carbocycles. The van der Waals surface area contributed by atoms with Crippen LogP contribution in [-0.2, 0) is 0 Å². The van der Waals surface area contributed by atoms with E-state index in [4.69, 9.17) is 0 Å². The molecule has 0 radical (unpaired) electrons. The Balaban J connectivity index is 2.17. The van der Waals surface area contributed by atoms with E-state index in [0.29, 0.717) is 0 Å². The van der Waals surface area contributed by atoms with Crippen LogP contribution in [0, 0.1) is 15.2 Å². The van der Waals surface area contributed by atoms with Crippen molar-refractivity contribution in [3.63, 3.8) is 0 Å². The number of fused-ring (bicyclic) bond motifs is 3. The van der Waals surface area contributed by atoms with Gasteiger partial charge in [0.1, 0.15) is 11.6 Å². The fourth-order valence-corrected chi connectivity index (χ4v) is 5.42. The summed E-state index contributed by atoms with van der Waals surface area (Å²) in [5, 5.41) is 1.60. The molecule has 0 spiro atoms. The van der Waals surface area contributed by atoms with Crippen LogP contribution >= 0.6 is 33.1 Å². The van der Waals surface area contributed by atoms with Crippen molar-refractivity contribution in [2.24, 2.45) is 0 Å². The minimum absolute atomic E-state index is 0.290. The lowest BCUT2D eigenvalue weighted by Gasteiger charge is -1.94. The van der Waals surface area contributed by atoms with E-state index in [9.17, 15) is 8.78 Å². The van der Waals surface area contributed by atoms with Gasteiger partial charge >= 0.3 is 0 Å². The number of hydrogen-bond acceptors (Lipinski definition) is 0. The summed E-state index contributed by atoms with van der Waals surface area (Å²) in [6.45, 7) is 0. The van der Waals surface area contributed by atoms with Gasteiger partial charge in [0.25, 0.3) is 0 Å². The summed E-state index contributed by atoms with van der Waals surface area (Å²) < 4.78 is 30.6. The molecule has 4 aromatic rings. The van der Waals surface area contributed by atoms with Crippen LogP contribution in [0.25, 0.3) is 25.1 Å². The third-order valence-corrected chi connectivity index (χ3v) is 6.72. The van der Waals surface area contributed by atoms with Crippen LogP contribution in [0.15, 0.2) is 60.7 Å². The molecule has 4 rings (SSSR count). The lowest BCUT2D eigenvalue weighted by molar-refractivity contribution is 0.628. The lowest BCUT2D eigenvalue weighted by atomic mass is 10.1. The summed E-state index contributed by atoms with van der Waals surface area (Å²) >= 11 is 2.27. The van der Waals surface area contributed by atoms with E-state index < -0.39 is 0 Å². The van der Waals surface area contributed by atoms with Gasteiger partial charge in [-0.15, -0.1) is 0 Å². The molecular weight excluding hydrogens is 413 g/mol. The normalized spacial score (nSPS) is 11.4. The van der Waals surface area contributed by atoms with Crippen molar-refractivity contribution >= 4 is 53.2 Å². The average Bonchev–Trinajstić information content (AvgIpc) is 2.81. The van der Waals surface area contributed by atoms with Crippen molar-refractivity contribution in [1.29, 1.82) is 0 Å². The van der Waals surface area contributed by atoms with Crippen molar-refractivity contribution in [2.45, 2.75) is 0 Å². The third-order valence-electron chi connectivity index (χ3n) is 3.66. The Hall–Kier alpha value is -1.53. The second-order valence-electron chi connectivity index (χ2n) is 5.04. The van der Waals surface area contributed by atoms with E-state index in [2.05, 4.69) is 46.9 Å². The zero-order valence-electron chi connectivity index (χ0n) is 11.3. The Morgan fingerprint density at radius 3 is 1.68 bits per heavy atom. The molecule has 0 saturated carbocycles. The number of benzene rings is 3. The van der Waals surface area contributed by atoms with Gasteiger partial charge in [-0.05, 0) is 71.1 Å². The van der Waals surface area contributed by atoms with Crippen molar-refractivity contribution in [1.82, 2.24) is 0 Å². The van der Waals surface area contributed by atoms with Crippen LogP contribution in [0.4, 0.5) is 8.78 Å². The maximum Gasteiger partial charge on any atom is 0.187 e. The molecule has 0 bridgehead atoms. The van der Waals surface area contributed by atoms with Crippen molar-refractivity contribution in [3.05, 3.63) is 75.9 Å². The fourth-order valence-electron chi connectivity index (χ4n) is 2.72. The molecule has 108 valence electrons. The standard InChI is InChI=1S/C18H10F2IS/c19-11-1-7-17-15(9-11)16-10-12(20)2-8-18(16)22(17)14-5-3-13(21)4-6-14/h1-10H/q+1. The van der Waals surface area contributed by atoms with E-state index in [0.717, 1.165) is 20.2 Å². The molecule has 0 aliphatic rings. The zero-order valence-corrected chi connectivity index (χ0v) is 14.3. The Kier molecular flexibility index (Phi) is 3.38. The van der Waals surface area contributed by atoms with Gasteiger partial charge in [-0.3, -0.25) is 0 Å². The van der Waals surface area contributed by atoms with Crippen molar-refractivity contribution in [3.8, 4) is 4.90 Å². The quantitative estimate of drug-likeness (QED) is 0.239. The maximum absolute atomic E-state index is 13.6. The Bertz CT molecular complexity index is 944. The van der Waals surface area contributed by atoms with E-state index >= 15 is 0 Å². The lowest BCUT2D eigenvalue weighted by Crippen LogP contribution is -1.73. The summed E-state index contributed by atoms with van der Waals surface area (Å²) in [6, 6.07) is 17.9. The van der Waals surface area contributed by atoms with Gasteiger partial charge < -0.3 is 0 Å². The minimum Gasteiger partial charge on any atom is -0.207 e. The molecule has 1 aromatic heterocycles. The van der Waals surface area contributed by atoms with Crippen LogP contribution < -0.4 is 0 Å². The van der Waals surface area contributed by atoms with Gasteiger partial charge in [0.05, 0.1) is 10.8 Å². The highest BCUT2D eigenvalue weighted by Crippen LogP contribution is 2.48. The summed E-state index contributed by atoms with van der Waals surface area (Å²) in [6.07, 6.45) is 0. The van der Waals surface area contributed by atoms with E-state index in [1.807, 2.05) is 12.1 Å². The van der Waals surface area contributed by atoms with Crippen LogP contribution in [0.1, 0.15) is 0 Å². The second-order valence-corrected chi connectivity index (χ2v) is 8.25. The summed E-state index contributed by atoms with van der Waals surface area (Å²) in [5.74, 6) is -0.580. The van der Waals surface area contributed by atoms with E-state index in [1.165, 1.54) is 32.7 Å². The first-order valence-electron chi connectivity index (χ1n) is 6.73. The maximum atomic E-state index is 13.6. The first kappa shape index (κ1) is 14.1. The van der Waals surface area contributed by atoms with E-state index in [-0.39, 0.29) is 22.1 Å². The molecular formula is C18H10F2IS+. The largest absolute Gasteiger partial charge is 0.207 e. The summed E-state index contributed by atoms with van der Waals surface area (Å²) in [7, 11) is -0.302. The van der Waals surface area contributed by atoms with Gasteiger partial charge in [-0.2, -0.15) is 0 Å². The topological polar surface area (TPSA) is 0 Å². The van der Waals surface area contributed by atoms with Gasteiger partial charge in [-0.25, -0.2) is 8.78 Å². The first-order valence-corrected chi connectivity index (χ1v) is 9.03. The molecule has 0 unspecified atom stereocenters. The Labute approximate surface area is 142 Å². The number of halogens is 3. The van der Waals surface area contributed by atoms with Crippen molar-refractivity contribution < 1.29 is 8.78 Å². The van der Waals surface area contributed by atoms with Crippen molar-refractivity contribution in [2.75, 3.05) is 0 Å². The molecule has 0 N–H and O–H groups in total. The molecule has 1 heterocycles. The predicted octanol–water partition coefficient (Wildman–Crippen LogP) is 6.61. The first-order chi connectivity index (χ1) is 10.6. The summed E-state index contributed by atoms with van der Waals surface area (Å²) in [4.78, 5) is 1.17. The minimum atomic E-state index is -0.302. The molecule has 0 fully saturated rings. The molecule has 0 nitrogen and oxygen atoms in total. The molecule has 22 heavy (non-hydrogen) atoms. The predicted molar refractivity (Wildman–Crippen MR) is 97.9 cm³/mol. The second kappa shape index (κ2) is 5.28. The van der Waals surface area contributed by atoms with Gasteiger partial charge in [-0.1, -0.05) is 0 Å². The molecule has 0 amide bonds. The third kappa shape index (κ3) is 2.21.